The molecule has 0 aromatic carbocycles. The van der Waals surface area contributed by atoms with Crippen LogP contribution in [0.4, 0.5) is 0 Å². The molecule has 2 atom stereocenters. The molecule has 2 aliphatic carbocycles. The Bertz CT molecular complexity index is 672. The van der Waals surface area contributed by atoms with Gasteiger partial charge in [0.1, 0.15) is 0 Å². The minimum absolute atomic E-state index is 0.289. The van der Waals surface area contributed by atoms with Crippen LogP contribution < -0.4 is 0 Å². The maximum absolute atomic E-state index is 8.48. The zero-order chi connectivity index (χ0) is 21.0. The minimum atomic E-state index is -3.36. The topological polar surface area (TPSA) is 91.3 Å². The summed E-state index contributed by atoms with van der Waals surface area (Å²) in [6.45, 7) is 0. The fraction of sp³-hybridized carbons (Fsp3) is 0.286. The fourth-order valence-corrected chi connectivity index (χ4v) is 2.04. The molecule has 6 nitrogen and oxygen atoms in total. The van der Waals surface area contributed by atoms with Crippen molar-refractivity contribution < 1.29 is 29.9 Å². The summed E-state index contributed by atoms with van der Waals surface area (Å²) in [5.41, 5.74) is 17.8. The predicted molar refractivity (Wildman–Crippen MR) is 108 cm³/mol. The number of methoxy groups -OCH3 is 2. The van der Waals surface area contributed by atoms with Crippen molar-refractivity contribution >= 4 is 73.4 Å². The molecule has 0 aromatic heterocycles. The van der Waals surface area contributed by atoms with Crippen molar-refractivity contribution in [1.82, 2.24) is 0 Å². The van der Waals surface area contributed by atoms with E-state index >= 15 is 0 Å². The van der Waals surface area contributed by atoms with Gasteiger partial charge in [-0.2, -0.15) is 9.58 Å². The Morgan fingerprint density at radius 2 is 1.11 bits per heavy atom. The predicted octanol–water partition coefficient (Wildman–Crippen LogP) is 5.48. The second-order valence-electron chi connectivity index (χ2n) is 4.75. The van der Waals surface area contributed by atoms with Crippen LogP contribution in [0.5, 0.6) is 0 Å². The van der Waals surface area contributed by atoms with Gasteiger partial charge in [-0.25, -0.2) is 0 Å². The molecular weight excluding hydrogens is 534 g/mol. The van der Waals surface area contributed by atoms with Crippen LogP contribution in [-0.4, -0.2) is 47.4 Å². The van der Waals surface area contributed by atoms with Crippen LogP contribution in [0.15, 0.2) is 46.5 Å². The van der Waals surface area contributed by atoms with E-state index in [1.807, 2.05) is 0 Å². The van der Waals surface area contributed by atoms with Gasteiger partial charge in [0.15, 0.2) is 12.2 Å². The van der Waals surface area contributed by atoms with Crippen molar-refractivity contribution in [3.63, 3.8) is 0 Å². The van der Waals surface area contributed by atoms with Gasteiger partial charge in [0, 0.05) is 36.4 Å². The average Bonchev–Trinajstić information content (AvgIpc) is 2.60. The monoisotopic (exact) mass is 544 g/mol. The van der Waals surface area contributed by atoms with E-state index in [-0.39, 0.29) is 12.2 Å². The molecule has 0 fully saturated rings. The Morgan fingerprint density at radius 3 is 1.33 bits per heavy atom. The molecule has 0 radical (unpaired) electrons. The van der Waals surface area contributed by atoms with Crippen LogP contribution in [-0.2, 0) is 20.3 Å². The van der Waals surface area contributed by atoms with Gasteiger partial charge in [0.05, 0.1) is 0 Å². The van der Waals surface area contributed by atoms with Crippen LogP contribution in [0.3, 0.4) is 0 Å². The molecule has 0 saturated heterocycles. The molecule has 2 aliphatic rings. The van der Waals surface area contributed by atoms with E-state index in [9.17, 15) is 0 Å². The standard InChI is InChI=1S/2C7H7ClN2O.4ClH.Zn/c2*1-11-7-3-2-5(8)4-6(7)10-9;;;;;/h2*2-4,7H,1H3;4*1H;/q;;;;;;+2/p-4. The van der Waals surface area contributed by atoms with Crippen molar-refractivity contribution in [2.75, 3.05) is 14.2 Å². The molecule has 0 aromatic rings. The maximum atomic E-state index is 8.48. The molecule has 0 bridgehead atoms. The second-order valence-corrected chi connectivity index (χ2v) is 33.4. The van der Waals surface area contributed by atoms with E-state index in [0.29, 0.717) is 21.5 Å². The van der Waals surface area contributed by atoms with E-state index in [4.69, 9.17) is 82.5 Å². The summed E-state index contributed by atoms with van der Waals surface area (Å²) in [4.78, 5) is 6.06. The van der Waals surface area contributed by atoms with E-state index in [1.54, 1.807) is 36.5 Å². The zero-order valence-corrected chi connectivity index (χ0v) is 21.7. The summed E-state index contributed by atoms with van der Waals surface area (Å²) in [5.74, 6) is 0. The van der Waals surface area contributed by atoms with Crippen LogP contribution >= 0.6 is 62.0 Å². The first-order valence-corrected chi connectivity index (χ1v) is 23.6. The molecular formula is C14H14Cl6N4O2Zn-2. The summed E-state index contributed by atoms with van der Waals surface area (Å²) in [6.07, 6.45) is 9.36. The second kappa shape index (κ2) is 14.1. The zero-order valence-electron chi connectivity index (χ0n) is 14.2. The first-order chi connectivity index (χ1) is 12.5. The summed E-state index contributed by atoms with van der Waals surface area (Å²) in [5, 5.41) is 1.07. The van der Waals surface area contributed by atoms with Crippen molar-refractivity contribution in [2.45, 2.75) is 12.2 Å². The number of ether oxygens (including phenoxy) is 2. The molecule has 27 heavy (non-hydrogen) atoms. The number of halogens is 6. The first kappa shape index (κ1) is 27.0. The molecule has 0 aliphatic heterocycles. The summed E-state index contributed by atoms with van der Waals surface area (Å²) < 4.78 is 9.92. The first-order valence-electron chi connectivity index (χ1n) is 7.22. The van der Waals surface area contributed by atoms with Gasteiger partial charge in [0.2, 0.25) is 0 Å². The quantitative estimate of drug-likeness (QED) is 0.260. The van der Waals surface area contributed by atoms with Crippen molar-refractivity contribution in [3.05, 3.63) is 57.6 Å². The van der Waals surface area contributed by atoms with E-state index < -0.39 is 10.8 Å². The Balaban J connectivity index is 0.000000405. The van der Waals surface area contributed by atoms with Gasteiger partial charge in [-0.1, -0.05) is 23.2 Å². The average molecular weight is 548 g/mol. The summed E-state index contributed by atoms with van der Waals surface area (Å²) >= 11 is 11.3. The van der Waals surface area contributed by atoms with E-state index in [1.165, 1.54) is 14.2 Å². The summed E-state index contributed by atoms with van der Waals surface area (Å²) in [7, 11) is 19.9. The molecule has 0 amide bonds. The van der Waals surface area contributed by atoms with E-state index in [2.05, 4.69) is 9.58 Å². The number of hydrogen-bond donors (Lipinski definition) is 0. The van der Waals surface area contributed by atoms with Crippen LogP contribution in [0, 0.1) is 0 Å². The molecule has 148 valence electrons. The van der Waals surface area contributed by atoms with Gasteiger partial charge in [-0.15, -0.1) is 0 Å². The number of hydrogen-bond acceptors (Lipinski definition) is 2. The fourth-order valence-electron chi connectivity index (χ4n) is 1.67. The number of rotatable bonds is 2. The molecule has 0 heterocycles. The SMILES string of the molecule is COC1C=CC(Cl)=CC1=[N+]=[N-].COC1C=CC(Cl)=CC1=[N+]=[N-].[Cl][Zn-2]([Cl])([Cl])[Cl]. The normalized spacial score (nSPS) is 20.9. The third kappa shape index (κ3) is 13.0. The Morgan fingerprint density at radius 1 is 0.815 bits per heavy atom. The van der Waals surface area contributed by atoms with Crippen molar-refractivity contribution in [1.29, 1.82) is 0 Å². The van der Waals surface area contributed by atoms with Gasteiger partial charge in [0.25, 0.3) is 0 Å². The van der Waals surface area contributed by atoms with Crippen molar-refractivity contribution in [3.8, 4) is 0 Å². The van der Waals surface area contributed by atoms with Crippen LogP contribution in [0.2, 0.25) is 0 Å². The van der Waals surface area contributed by atoms with E-state index in [0.717, 1.165) is 0 Å². The van der Waals surface area contributed by atoms with Crippen molar-refractivity contribution in [2.24, 2.45) is 0 Å². The third-order valence-electron chi connectivity index (χ3n) is 2.75. The molecule has 0 N–H and O–H groups in total. The summed E-state index contributed by atoms with van der Waals surface area (Å²) in [6, 6.07) is 0. The van der Waals surface area contributed by atoms with Crippen LogP contribution in [0.1, 0.15) is 0 Å². The van der Waals surface area contributed by atoms with Gasteiger partial charge in [-0.3, -0.25) is 0 Å². The van der Waals surface area contributed by atoms with Crippen LogP contribution in [0.25, 0.3) is 11.1 Å². The van der Waals surface area contributed by atoms with Gasteiger partial charge < -0.3 is 20.5 Å². The third-order valence-corrected chi connectivity index (χ3v) is 3.22. The molecule has 13 heteroatoms. The van der Waals surface area contributed by atoms with Gasteiger partial charge >= 0.3 is 61.0 Å². The molecule has 2 rings (SSSR count). The Kier molecular flexibility index (Phi) is 14.1. The number of nitrogens with zero attached hydrogens (tertiary/aromatic N) is 4. The van der Waals surface area contributed by atoms with Gasteiger partial charge in [-0.05, 0) is 24.3 Å². The Labute approximate surface area is 186 Å². The number of allylic oxidation sites excluding steroid dienone is 4. The Hall–Kier alpha value is 0.00338. The molecule has 0 saturated carbocycles. The molecule has 0 spiro atoms. The molecule has 2 unspecified atom stereocenters.